The van der Waals surface area contributed by atoms with Gasteiger partial charge >= 0.3 is 0 Å². The van der Waals surface area contributed by atoms with Gasteiger partial charge in [0.05, 0.1) is 11.9 Å². The maximum Gasteiger partial charge on any atom is 0.0558 e. The van der Waals surface area contributed by atoms with Crippen LogP contribution in [0.2, 0.25) is 0 Å². The van der Waals surface area contributed by atoms with Gasteiger partial charge in [-0.05, 0) is 60.7 Å². The number of benzene rings is 2. The monoisotopic (exact) mass is 384 g/mol. The van der Waals surface area contributed by atoms with E-state index >= 15 is 0 Å². The SMILES string of the molecule is C=C(Cc1cc(-c2cncc(N3CCCCC3)c2)ccc1N)Nc1ccccc1. The zero-order valence-corrected chi connectivity index (χ0v) is 16.8. The predicted molar refractivity (Wildman–Crippen MR) is 123 cm³/mol. The van der Waals surface area contributed by atoms with Crippen LogP contribution in [-0.2, 0) is 6.42 Å². The van der Waals surface area contributed by atoms with Gasteiger partial charge in [-0.25, -0.2) is 0 Å². The van der Waals surface area contributed by atoms with Crippen LogP contribution in [0.3, 0.4) is 0 Å². The van der Waals surface area contributed by atoms with Crippen LogP contribution >= 0.6 is 0 Å². The first-order chi connectivity index (χ1) is 14.2. The van der Waals surface area contributed by atoms with E-state index in [1.807, 2.05) is 48.8 Å². The Balaban J connectivity index is 1.53. The third-order valence-electron chi connectivity index (χ3n) is 5.42. The lowest BCUT2D eigenvalue weighted by Gasteiger charge is -2.28. The summed E-state index contributed by atoms with van der Waals surface area (Å²) in [6.45, 7) is 6.41. The Labute approximate surface area is 173 Å². The van der Waals surface area contributed by atoms with E-state index in [9.17, 15) is 0 Å². The average molecular weight is 385 g/mol. The zero-order chi connectivity index (χ0) is 20.1. The van der Waals surface area contributed by atoms with Gasteiger partial charge in [-0.3, -0.25) is 4.98 Å². The second kappa shape index (κ2) is 8.82. The average Bonchev–Trinajstić information content (AvgIpc) is 2.77. The molecule has 1 aliphatic rings. The van der Waals surface area contributed by atoms with Crippen molar-refractivity contribution >= 4 is 17.1 Å². The van der Waals surface area contributed by atoms with Gasteiger partial charge in [0.25, 0.3) is 0 Å². The Hall–Kier alpha value is -3.27. The van der Waals surface area contributed by atoms with Crippen molar-refractivity contribution in [3.8, 4) is 11.1 Å². The van der Waals surface area contributed by atoms with Crippen LogP contribution in [0.25, 0.3) is 11.1 Å². The highest BCUT2D eigenvalue weighted by atomic mass is 15.1. The third-order valence-corrected chi connectivity index (χ3v) is 5.42. The molecule has 3 aromatic rings. The van der Waals surface area contributed by atoms with Crippen molar-refractivity contribution in [2.45, 2.75) is 25.7 Å². The number of hydrogen-bond donors (Lipinski definition) is 2. The normalized spacial score (nSPS) is 13.9. The number of anilines is 3. The van der Waals surface area contributed by atoms with Crippen LogP contribution < -0.4 is 16.0 Å². The van der Waals surface area contributed by atoms with Gasteiger partial charge in [0.15, 0.2) is 0 Å². The molecular weight excluding hydrogens is 356 g/mol. The lowest BCUT2D eigenvalue weighted by molar-refractivity contribution is 0.577. The summed E-state index contributed by atoms with van der Waals surface area (Å²) >= 11 is 0. The number of nitrogens with one attached hydrogen (secondary N) is 1. The van der Waals surface area contributed by atoms with Crippen molar-refractivity contribution in [1.29, 1.82) is 0 Å². The number of nitrogens with zero attached hydrogens (tertiary/aromatic N) is 2. The lowest BCUT2D eigenvalue weighted by Crippen LogP contribution is -2.29. The van der Waals surface area contributed by atoms with E-state index in [0.717, 1.165) is 46.9 Å². The molecule has 0 unspecified atom stereocenters. The summed E-state index contributed by atoms with van der Waals surface area (Å²) in [6.07, 6.45) is 8.41. The topological polar surface area (TPSA) is 54.2 Å². The zero-order valence-electron chi connectivity index (χ0n) is 16.8. The number of allylic oxidation sites excluding steroid dienone is 1. The number of piperidine rings is 1. The molecule has 1 aliphatic heterocycles. The summed E-state index contributed by atoms with van der Waals surface area (Å²) in [5.74, 6) is 0. The van der Waals surface area contributed by atoms with Crippen molar-refractivity contribution in [1.82, 2.24) is 4.98 Å². The molecular formula is C25H28N4. The molecule has 1 aromatic heterocycles. The van der Waals surface area contributed by atoms with Crippen molar-refractivity contribution < 1.29 is 0 Å². The van der Waals surface area contributed by atoms with E-state index in [-0.39, 0.29) is 0 Å². The summed E-state index contributed by atoms with van der Waals surface area (Å²) in [7, 11) is 0. The Bertz CT molecular complexity index is 975. The smallest absolute Gasteiger partial charge is 0.0558 e. The van der Waals surface area contributed by atoms with Crippen molar-refractivity contribution in [3.63, 3.8) is 0 Å². The van der Waals surface area contributed by atoms with Crippen LogP contribution in [-0.4, -0.2) is 18.1 Å². The highest BCUT2D eigenvalue weighted by molar-refractivity contribution is 5.70. The number of nitrogens with two attached hydrogens (primary N) is 1. The fourth-order valence-corrected chi connectivity index (χ4v) is 3.85. The van der Waals surface area contributed by atoms with Crippen molar-refractivity contribution in [3.05, 3.63) is 84.8 Å². The maximum atomic E-state index is 6.26. The molecule has 4 heteroatoms. The largest absolute Gasteiger partial charge is 0.398 e. The minimum absolute atomic E-state index is 0.674. The van der Waals surface area contributed by atoms with E-state index in [2.05, 4.69) is 40.0 Å². The molecule has 0 saturated carbocycles. The summed E-state index contributed by atoms with van der Waals surface area (Å²) in [6, 6.07) is 18.5. The van der Waals surface area contributed by atoms with Gasteiger partial charge < -0.3 is 16.0 Å². The predicted octanol–water partition coefficient (Wildman–Crippen LogP) is 5.49. The molecule has 4 rings (SSSR count). The molecule has 0 spiro atoms. The van der Waals surface area contributed by atoms with Crippen LogP contribution in [0, 0.1) is 0 Å². The molecule has 2 aromatic carbocycles. The van der Waals surface area contributed by atoms with Crippen molar-refractivity contribution in [2.24, 2.45) is 0 Å². The molecule has 0 amide bonds. The Morgan fingerprint density at radius 2 is 1.76 bits per heavy atom. The van der Waals surface area contributed by atoms with E-state index in [1.165, 1.54) is 24.9 Å². The molecule has 0 aliphatic carbocycles. The van der Waals surface area contributed by atoms with Gasteiger partial charge in [-0.1, -0.05) is 30.8 Å². The van der Waals surface area contributed by atoms with E-state index in [1.54, 1.807) is 0 Å². The minimum atomic E-state index is 0.674. The molecule has 1 fully saturated rings. The number of pyridine rings is 1. The number of rotatable bonds is 6. The molecule has 0 atom stereocenters. The Kier molecular flexibility index (Phi) is 5.80. The number of nitrogen functional groups attached to an aromatic ring is 1. The first kappa shape index (κ1) is 19.1. The molecule has 0 radical (unpaired) electrons. The molecule has 0 bridgehead atoms. The summed E-state index contributed by atoms with van der Waals surface area (Å²) in [5.41, 5.74) is 13.5. The summed E-state index contributed by atoms with van der Waals surface area (Å²) in [5, 5.41) is 3.36. The van der Waals surface area contributed by atoms with Gasteiger partial charge in [0, 0.05) is 48.3 Å². The fourth-order valence-electron chi connectivity index (χ4n) is 3.85. The van der Waals surface area contributed by atoms with Crippen LogP contribution in [0.5, 0.6) is 0 Å². The second-order valence-electron chi connectivity index (χ2n) is 7.66. The summed E-state index contributed by atoms with van der Waals surface area (Å²) in [4.78, 5) is 6.94. The maximum absolute atomic E-state index is 6.26. The Morgan fingerprint density at radius 1 is 0.966 bits per heavy atom. The van der Waals surface area contributed by atoms with Crippen LogP contribution in [0.4, 0.5) is 17.1 Å². The number of hydrogen-bond acceptors (Lipinski definition) is 4. The quantitative estimate of drug-likeness (QED) is 0.552. The van der Waals surface area contributed by atoms with Gasteiger partial charge in [0.1, 0.15) is 0 Å². The van der Waals surface area contributed by atoms with Gasteiger partial charge in [0.2, 0.25) is 0 Å². The second-order valence-corrected chi connectivity index (χ2v) is 7.66. The Morgan fingerprint density at radius 3 is 2.55 bits per heavy atom. The molecule has 29 heavy (non-hydrogen) atoms. The molecule has 1 saturated heterocycles. The van der Waals surface area contributed by atoms with E-state index in [0.29, 0.717) is 6.42 Å². The molecule has 148 valence electrons. The first-order valence-corrected chi connectivity index (χ1v) is 10.3. The first-order valence-electron chi connectivity index (χ1n) is 10.3. The highest BCUT2D eigenvalue weighted by Gasteiger charge is 2.13. The standard InChI is InChI=1S/C25H28N4/c1-19(28-23-8-4-2-5-9-23)14-21-15-20(10-11-25(21)26)22-16-24(18-27-17-22)29-12-6-3-7-13-29/h2,4-5,8-11,15-18,28H,1,3,6-7,12-14,26H2. The minimum Gasteiger partial charge on any atom is -0.398 e. The van der Waals surface area contributed by atoms with Crippen LogP contribution in [0.15, 0.2) is 79.3 Å². The molecule has 2 heterocycles. The summed E-state index contributed by atoms with van der Waals surface area (Å²) < 4.78 is 0. The van der Waals surface area contributed by atoms with Crippen LogP contribution in [0.1, 0.15) is 24.8 Å². The number of para-hydroxylation sites is 1. The molecule has 3 N–H and O–H groups in total. The lowest BCUT2D eigenvalue weighted by atomic mass is 10.00. The van der Waals surface area contributed by atoms with Gasteiger partial charge in [-0.2, -0.15) is 0 Å². The van der Waals surface area contributed by atoms with E-state index in [4.69, 9.17) is 5.73 Å². The van der Waals surface area contributed by atoms with Crippen molar-refractivity contribution in [2.75, 3.05) is 29.0 Å². The van der Waals surface area contributed by atoms with Gasteiger partial charge in [-0.15, -0.1) is 0 Å². The van der Waals surface area contributed by atoms with E-state index < -0.39 is 0 Å². The number of aromatic nitrogens is 1. The third kappa shape index (κ3) is 4.77. The molecule has 4 nitrogen and oxygen atoms in total. The highest BCUT2D eigenvalue weighted by Crippen LogP contribution is 2.28. The fraction of sp³-hybridized carbons (Fsp3) is 0.240.